The van der Waals surface area contributed by atoms with Crippen LogP contribution in [0.4, 0.5) is 0 Å². The van der Waals surface area contributed by atoms with Gasteiger partial charge in [0.25, 0.3) is 0 Å². The molecule has 0 spiro atoms. The van der Waals surface area contributed by atoms with Crippen molar-refractivity contribution in [2.75, 3.05) is 0 Å². The topological polar surface area (TPSA) is 77.3 Å². The minimum absolute atomic E-state index is 0.583. The molecule has 6 heteroatoms. The molecule has 8 aromatic carbocycles. The molecule has 2 heterocycles. The molecule has 0 N–H and O–H groups in total. The van der Waals surface area contributed by atoms with Crippen LogP contribution in [-0.2, 0) is 0 Å². The molecule has 6 nitrogen and oxygen atoms in total. The Morgan fingerprint density at radius 2 is 0.500 bits per heavy atom. The molecule has 0 amide bonds. The summed E-state index contributed by atoms with van der Waals surface area (Å²) in [5, 5.41) is 0. The lowest BCUT2D eigenvalue weighted by atomic mass is 9.88. The summed E-state index contributed by atoms with van der Waals surface area (Å²) in [6, 6.07) is 74.1. The maximum absolute atomic E-state index is 5.25. The average Bonchev–Trinajstić information content (AvgIpc) is 3.35. The molecule has 10 aromatic rings. The Kier molecular flexibility index (Phi) is 9.84. The number of aromatic nitrogens is 6. The molecule has 0 bridgehead atoms. The van der Waals surface area contributed by atoms with E-state index in [1.807, 2.05) is 133 Å². The van der Waals surface area contributed by atoms with Crippen molar-refractivity contribution >= 4 is 0 Å². The van der Waals surface area contributed by atoms with E-state index in [1.54, 1.807) is 0 Å². The molecule has 0 aliphatic carbocycles. The molecule has 10 rings (SSSR count). The lowest BCUT2D eigenvalue weighted by molar-refractivity contribution is 1.07. The van der Waals surface area contributed by atoms with Crippen molar-refractivity contribution in [1.29, 1.82) is 0 Å². The summed E-state index contributed by atoms with van der Waals surface area (Å²) in [4.78, 5) is 30.7. The molecular formula is C54H36N6. The first-order chi connectivity index (χ1) is 29.7. The van der Waals surface area contributed by atoms with E-state index in [1.165, 1.54) is 0 Å². The van der Waals surface area contributed by atoms with Crippen LogP contribution in [0.15, 0.2) is 218 Å². The lowest BCUT2D eigenvalue weighted by Gasteiger charge is -2.18. The van der Waals surface area contributed by atoms with Gasteiger partial charge >= 0.3 is 0 Å². The van der Waals surface area contributed by atoms with Gasteiger partial charge in [0.2, 0.25) is 0 Å². The second-order valence-corrected chi connectivity index (χ2v) is 14.3. The van der Waals surface area contributed by atoms with Gasteiger partial charge in [0.15, 0.2) is 34.9 Å². The summed E-state index contributed by atoms with van der Waals surface area (Å²) < 4.78 is 0. The fraction of sp³-hybridized carbons (Fsp3) is 0. The van der Waals surface area contributed by atoms with E-state index in [2.05, 4.69) is 84.9 Å². The first kappa shape index (κ1) is 36.1. The molecular weight excluding hydrogens is 733 g/mol. The second-order valence-electron chi connectivity index (χ2n) is 14.3. The van der Waals surface area contributed by atoms with Crippen LogP contribution in [0.25, 0.3) is 102 Å². The van der Waals surface area contributed by atoms with Gasteiger partial charge in [-0.3, -0.25) is 0 Å². The van der Waals surface area contributed by atoms with Gasteiger partial charge in [0, 0.05) is 33.4 Å². The first-order valence-electron chi connectivity index (χ1n) is 19.9. The Morgan fingerprint density at radius 3 is 0.900 bits per heavy atom. The number of hydrogen-bond acceptors (Lipinski definition) is 6. The predicted molar refractivity (Wildman–Crippen MR) is 242 cm³/mol. The monoisotopic (exact) mass is 768 g/mol. The summed E-state index contributed by atoms with van der Waals surface area (Å²) in [6.07, 6.45) is 0. The van der Waals surface area contributed by atoms with Crippen LogP contribution in [0.1, 0.15) is 0 Å². The average molecular weight is 769 g/mol. The maximum atomic E-state index is 5.25. The number of nitrogens with zero attached hydrogens (tertiary/aromatic N) is 6. The van der Waals surface area contributed by atoms with Gasteiger partial charge in [-0.25, -0.2) is 29.9 Å². The Bertz CT molecular complexity index is 2940. The van der Waals surface area contributed by atoms with Crippen molar-refractivity contribution in [3.63, 3.8) is 0 Å². The van der Waals surface area contributed by atoms with Gasteiger partial charge in [0.1, 0.15) is 0 Å². The Morgan fingerprint density at radius 1 is 0.183 bits per heavy atom. The Labute approximate surface area is 348 Å². The highest BCUT2D eigenvalue weighted by molar-refractivity contribution is 5.95. The summed E-state index contributed by atoms with van der Waals surface area (Å²) in [5.41, 5.74) is 11.5. The van der Waals surface area contributed by atoms with E-state index >= 15 is 0 Å². The number of hydrogen-bond donors (Lipinski definition) is 0. The highest BCUT2D eigenvalue weighted by Gasteiger charge is 2.22. The van der Waals surface area contributed by atoms with Gasteiger partial charge in [-0.2, -0.15) is 0 Å². The van der Waals surface area contributed by atoms with Crippen molar-refractivity contribution in [1.82, 2.24) is 29.9 Å². The zero-order valence-electron chi connectivity index (χ0n) is 32.5. The predicted octanol–water partition coefficient (Wildman–Crippen LogP) is 13.1. The van der Waals surface area contributed by atoms with E-state index in [0.717, 1.165) is 66.8 Å². The zero-order chi connectivity index (χ0) is 40.1. The van der Waals surface area contributed by atoms with Crippen molar-refractivity contribution in [3.8, 4) is 102 Å². The molecule has 0 atom stereocenters. The van der Waals surface area contributed by atoms with Gasteiger partial charge in [-0.05, 0) is 45.5 Å². The van der Waals surface area contributed by atoms with Crippen molar-refractivity contribution in [2.45, 2.75) is 0 Å². The van der Waals surface area contributed by atoms with Crippen LogP contribution in [0.5, 0.6) is 0 Å². The summed E-state index contributed by atoms with van der Waals surface area (Å²) >= 11 is 0. The number of benzene rings is 8. The smallest absolute Gasteiger partial charge is 0.165 e. The molecule has 282 valence electrons. The summed E-state index contributed by atoms with van der Waals surface area (Å²) in [6.45, 7) is 0. The normalized spacial score (nSPS) is 11.0. The molecule has 2 aromatic heterocycles. The molecule has 0 unspecified atom stereocenters. The van der Waals surface area contributed by atoms with E-state index < -0.39 is 0 Å². The fourth-order valence-electron chi connectivity index (χ4n) is 7.50. The van der Waals surface area contributed by atoms with E-state index in [-0.39, 0.29) is 0 Å². The molecule has 0 aliphatic heterocycles. The van der Waals surface area contributed by atoms with Crippen LogP contribution in [0.3, 0.4) is 0 Å². The van der Waals surface area contributed by atoms with E-state index in [0.29, 0.717) is 34.9 Å². The zero-order valence-corrected chi connectivity index (χ0v) is 32.5. The highest BCUT2D eigenvalue weighted by atomic mass is 15.0. The molecule has 0 aliphatic rings. The van der Waals surface area contributed by atoms with E-state index in [9.17, 15) is 0 Å². The number of rotatable bonds is 9. The van der Waals surface area contributed by atoms with Crippen LogP contribution in [0, 0.1) is 0 Å². The maximum Gasteiger partial charge on any atom is 0.165 e. The van der Waals surface area contributed by atoms with Crippen molar-refractivity contribution in [3.05, 3.63) is 218 Å². The third kappa shape index (κ3) is 7.37. The summed E-state index contributed by atoms with van der Waals surface area (Å²) in [5.74, 6) is 3.60. The largest absolute Gasteiger partial charge is 0.208 e. The van der Waals surface area contributed by atoms with Gasteiger partial charge in [0.05, 0.1) is 0 Å². The molecule has 60 heavy (non-hydrogen) atoms. The summed E-state index contributed by atoms with van der Waals surface area (Å²) in [7, 11) is 0. The van der Waals surface area contributed by atoms with Gasteiger partial charge < -0.3 is 0 Å². The highest BCUT2D eigenvalue weighted by Crippen LogP contribution is 2.42. The molecule has 0 fully saturated rings. The first-order valence-corrected chi connectivity index (χ1v) is 19.9. The fourth-order valence-corrected chi connectivity index (χ4v) is 7.50. The lowest BCUT2D eigenvalue weighted by Crippen LogP contribution is -2.03. The van der Waals surface area contributed by atoms with Crippen LogP contribution in [-0.4, -0.2) is 29.9 Å². The van der Waals surface area contributed by atoms with Crippen LogP contribution >= 0.6 is 0 Å². The van der Waals surface area contributed by atoms with Crippen molar-refractivity contribution in [2.24, 2.45) is 0 Å². The van der Waals surface area contributed by atoms with Gasteiger partial charge in [-0.1, -0.05) is 206 Å². The van der Waals surface area contributed by atoms with E-state index in [4.69, 9.17) is 29.9 Å². The second kappa shape index (κ2) is 16.3. The molecule has 0 saturated heterocycles. The Hall–Kier alpha value is -8.22. The van der Waals surface area contributed by atoms with Crippen LogP contribution in [0.2, 0.25) is 0 Å². The minimum atomic E-state index is 0.583. The minimum Gasteiger partial charge on any atom is -0.208 e. The standard InChI is InChI=1S/C54H36N6/c1-7-20-37(21-8-1)44-32-19-33-45(48(44)54-59-51(41-28-15-5-16-29-41)56-52(60-54)42-30-17-6-18-31-42)43-34-35-46(47(36-43)38-22-9-2-10-23-38)53-57-49(39-24-11-3-12-25-39)55-50(58-53)40-26-13-4-14-27-40/h1-36H. The van der Waals surface area contributed by atoms with Crippen molar-refractivity contribution < 1.29 is 0 Å². The van der Waals surface area contributed by atoms with Crippen LogP contribution < -0.4 is 0 Å². The van der Waals surface area contributed by atoms with Gasteiger partial charge in [-0.15, -0.1) is 0 Å². The quantitative estimate of drug-likeness (QED) is 0.145. The molecule has 0 saturated carbocycles. The third-order valence-corrected chi connectivity index (χ3v) is 10.4. The molecule has 0 radical (unpaired) electrons. The third-order valence-electron chi connectivity index (χ3n) is 10.4. The SMILES string of the molecule is c1ccc(-c2nc(-c3ccccc3)nc(-c3ccc(-c4cccc(-c5ccccc5)c4-c4nc(-c5ccccc5)nc(-c5ccccc5)n4)cc3-c3ccccc3)n2)cc1. The Balaban J connectivity index is 1.22.